The van der Waals surface area contributed by atoms with Crippen LogP contribution < -0.4 is 11.0 Å². The maximum Gasteiger partial charge on any atom is 0.350 e. The molecule has 0 radical (unpaired) electrons. The van der Waals surface area contributed by atoms with Gasteiger partial charge in [-0.2, -0.15) is 9.97 Å². The zero-order chi connectivity index (χ0) is 10.7. The number of benzene rings is 1. The number of halogens is 1. The van der Waals surface area contributed by atoms with Gasteiger partial charge in [-0.15, -0.1) is 0 Å². The van der Waals surface area contributed by atoms with Crippen molar-refractivity contribution in [2.45, 2.75) is 0 Å². The molecule has 0 spiro atoms. The van der Waals surface area contributed by atoms with Gasteiger partial charge in [0.15, 0.2) is 0 Å². The van der Waals surface area contributed by atoms with Crippen molar-refractivity contribution in [3.8, 4) is 0 Å². The molecule has 1 aromatic carbocycles. The number of para-hydroxylation sites is 1. The first-order chi connectivity index (χ1) is 7.24. The second kappa shape index (κ2) is 4.10. The van der Waals surface area contributed by atoms with Gasteiger partial charge in [-0.3, -0.25) is 4.98 Å². The third kappa shape index (κ3) is 2.54. The summed E-state index contributed by atoms with van der Waals surface area (Å²) in [6.45, 7) is 0. The number of anilines is 2. The van der Waals surface area contributed by atoms with E-state index in [0.29, 0.717) is 0 Å². The highest BCUT2D eigenvalue weighted by Gasteiger charge is 2.00. The van der Waals surface area contributed by atoms with Gasteiger partial charge < -0.3 is 5.32 Å². The van der Waals surface area contributed by atoms with E-state index in [1.165, 1.54) is 0 Å². The molecule has 2 N–H and O–H groups in total. The standard InChI is InChI=1S/C9H7ClN4O/c10-7-12-8(14-9(15)13-7)11-6-4-2-1-3-5-6/h1-5H,(H2,11,12,13,14,15). The summed E-state index contributed by atoms with van der Waals surface area (Å²) >= 11 is 5.57. The quantitative estimate of drug-likeness (QED) is 0.809. The van der Waals surface area contributed by atoms with Gasteiger partial charge in [0.1, 0.15) is 0 Å². The monoisotopic (exact) mass is 222 g/mol. The van der Waals surface area contributed by atoms with Gasteiger partial charge in [-0.25, -0.2) is 4.79 Å². The molecule has 5 nitrogen and oxygen atoms in total. The van der Waals surface area contributed by atoms with E-state index >= 15 is 0 Å². The molecule has 0 saturated carbocycles. The van der Waals surface area contributed by atoms with E-state index in [-0.39, 0.29) is 11.2 Å². The second-order valence-corrected chi connectivity index (χ2v) is 3.12. The van der Waals surface area contributed by atoms with Crippen molar-refractivity contribution < 1.29 is 0 Å². The van der Waals surface area contributed by atoms with Crippen molar-refractivity contribution in [1.82, 2.24) is 15.0 Å². The number of aromatic nitrogens is 3. The highest BCUT2D eigenvalue weighted by atomic mass is 35.5. The van der Waals surface area contributed by atoms with E-state index in [0.717, 1.165) is 5.69 Å². The van der Waals surface area contributed by atoms with Crippen molar-refractivity contribution in [3.63, 3.8) is 0 Å². The second-order valence-electron chi connectivity index (χ2n) is 2.76. The molecule has 0 aliphatic rings. The topological polar surface area (TPSA) is 70.7 Å². The first-order valence-corrected chi connectivity index (χ1v) is 4.58. The van der Waals surface area contributed by atoms with Crippen LogP contribution >= 0.6 is 11.6 Å². The summed E-state index contributed by atoms with van der Waals surface area (Å²) in [6.07, 6.45) is 0. The Bertz CT molecular complexity index is 511. The predicted molar refractivity (Wildman–Crippen MR) is 57.4 cm³/mol. The molecule has 0 amide bonds. The molecule has 0 aliphatic carbocycles. The largest absolute Gasteiger partial charge is 0.350 e. The van der Waals surface area contributed by atoms with E-state index < -0.39 is 5.69 Å². The van der Waals surface area contributed by atoms with Crippen LogP contribution in [-0.4, -0.2) is 15.0 Å². The van der Waals surface area contributed by atoms with Crippen molar-refractivity contribution in [2.24, 2.45) is 0 Å². The van der Waals surface area contributed by atoms with Gasteiger partial charge >= 0.3 is 5.69 Å². The van der Waals surface area contributed by atoms with Crippen molar-refractivity contribution >= 4 is 23.2 Å². The molecule has 2 aromatic rings. The van der Waals surface area contributed by atoms with E-state index in [9.17, 15) is 4.79 Å². The predicted octanol–water partition coefficient (Wildman–Crippen LogP) is 1.56. The Kier molecular flexibility index (Phi) is 2.64. The third-order valence-electron chi connectivity index (χ3n) is 1.65. The first-order valence-electron chi connectivity index (χ1n) is 4.20. The molecule has 2 rings (SSSR count). The van der Waals surface area contributed by atoms with Crippen LogP contribution in [0.4, 0.5) is 11.6 Å². The minimum atomic E-state index is -0.534. The van der Waals surface area contributed by atoms with Crippen LogP contribution in [0.5, 0.6) is 0 Å². The van der Waals surface area contributed by atoms with Gasteiger partial charge in [-0.05, 0) is 23.7 Å². The summed E-state index contributed by atoms with van der Waals surface area (Å²) in [7, 11) is 0. The van der Waals surface area contributed by atoms with Gasteiger partial charge in [0.05, 0.1) is 0 Å². The normalized spacial score (nSPS) is 9.93. The number of rotatable bonds is 2. The van der Waals surface area contributed by atoms with Crippen LogP contribution in [0.3, 0.4) is 0 Å². The lowest BCUT2D eigenvalue weighted by Gasteiger charge is -2.02. The molecule has 0 saturated heterocycles. The zero-order valence-electron chi connectivity index (χ0n) is 7.57. The Labute approximate surface area is 90.2 Å². The van der Waals surface area contributed by atoms with Gasteiger partial charge in [-0.1, -0.05) is 18.2 Å². The minimum Gasteiger partial charge on any atom is -0.324 e. The average Bonchev–Trinajstić information content (AvgIpc) is 2.17. The molecule has 76 valence electrons. The molecule has 15 heavy (non-hydrogen) atoms. The highest BCUT2D eigenvalue weighted by molar-refractivity contribution is 6.28. The van der Waals surface area contributed by atoms with Crippen LogP contribution in [0.25, 0.3) is 0 Å². The summed E-state index contributed by atoms with van der Waals surface area (Å²) < 4.78 is 0. The molecule has 0 atom stereocenters. The summed E-state index contributed by atoms with van der Waals surface area (Å²) in [5, 5.41) is 2.87. The summed E-state index contributed by atoms with van der Waals surface area (Å²) in [5.41, 5.74) is 0.257. The highest BCUT2D eigenvalue weighted by Crippen LogP contribution is 2.10. The van der Waals surface area contributed by atoms with Crippen LogP contribution in [0, 0.1) is 0 Å². The molecule has 0 unspecified atom stereocenters. The van der Waals surface area contributed by atoms with E-state index in [1.54, 1.807) is 0 Å². The molecular weight excluding hydrogens is 216 g/mol. The van der Waals surface area contributed by atoms with E-state index in [2.05, 4.69) is 20.3 Å². The Morgan fingerprint density at radius 1 is 1.20 bits per heavy atom. The fraction of sp³-hybridized carbons (Fsp3) is 0. The molecule has 0 fully saturated rings. The van der Waals surface area contributed by atoms with Crippen LogP contribution in [0.2, 0.25) is 5.28 Å². The summed E-state index contributed by atoms with van der Waals surface area (Å²) in [6, 6.07) is 9.27. The van der Waals surface area contributed by atoms with Crippen molar-refractivity contribution in [2.75, 3.05) is 5.32 Å². The number of hydrogen-bond donors (Lipinski definition) is 2. The van der Waals surface area contributed by atoms with Crippen molar-refractivity contribution in [1.29, 1.82) is 0 Å². The van der Waals surface area contributed by atoms with Gasteiger partial charge in [0.25, 0.3) is 0 Å². The number of H-pyrrole nitrogens is 1. The summed E-state index contributed by atoms with van der Waals surface area (Å²) in [4.78, 5) is 20.6. The molecule has 1 aromatic heterocycles. The maximum absolute atomic E-state index is 11.0. The third-order valence-corrected chi connectivity index (χ3v) is 1.83. The van der Waals surface area contributed by atoms with E-state index in [1.807, 2.05) is 30.3 Å². The lowest BCUT2D eigenvalue weighted by molar-refractivity contribution is 0.994. The Morgan fingerprint density at radius 3 is 2.60 bits per heavy atom. The van der Waals surface area contributed by atoms with E-state index in [4.69, 9.17) is 11.6 Å². The molecule has 0 aliphatic heterocycles. The number of nitrogens with zero attached hydrogens (tertiary/aromatic N) is 2. The Morgan fingerprint density at radius 2 is 1.93 bits per heavy atom. The van der Waals surface area contributed by atoms with Crippen LogP contribution in [-0.2, 0) is 0 Å². The number of aromatic amines is 1. The fourth-order valence-electron chi connectivity index (χ4n) is 1.06. The number of hydrogen-bond acceptors (Lipinski definition) is 4. The lowest BCUT2D eigenvalue weighted by Crippen LogP contribution is -2.14. The number of nitrogens with one attached hydrogen (secondary N) is 2. The smallest absolute Gasteiger partial charge is 0.324 e. The van der Waals surface area contributed by atoms with Crippen LogP contribution in [0.1, 0.15) is 0 Å². The summed E-state index contributed by atoms with van der Waals surface area (Å²) in [5.74, 6) is 0.176. The maximum atomic E-state index is 11.0. The van der Waals surface area contributed by atoms with Gasteiger partial charge in [0.2, 0.25) is 11.2 Å². The zero-order valence-corrected chi connectivity index (χ0v) is 8.32. The molecule has 0 bridgehead atoms. The fourth-order valence-corrected chi connectivity index (χ4v) is 1.23. The minimum absolute atomic E-state index is 0.00781. The lowest BCUT2D eigenvalue weighted by atomic mass is 10.3. The Balaban J connectivity index is 2.29. The molecule has 6 heteroatoms. The van der Waals surface area contributed by atoms with Crippen LogP contribution in [0.15, 0.2) is 35.1 Å². The SMILES string of the molecule is O=c1nc(Nc2ccccc2)nc(Cl)[nH]1. The average molecular weight is 223 g/mol. The first kappa shape index (κ1) is 9.67. The van der Waals surface area contributed by atoms with Gasteiger partial charge in [0, 0.05) is 5.69 Å². The molecular formula is C9H7ClN4O. The van der Waals surface area contributed by atoms with Crippen molar-refractivity contribution in [3.05, 3.63) is 46.1 Å². The Hall–Kier alpha value is -1.88. The molecule has 1 heterocycles.